The number of likely N-dealkylation sites (N-methyl/N-ethyl adjacent to an activating group) is 1. The van der Waals surface area contributed by atoms with Gasteiger partial charge in [-0.15, -0.1) is 0 Å². The third-order valence-electron chi connectivity index (χ3n) is 7.20. The van der Waals surface area contributed by atoms with Crippen molar-refractivity contribution in [2.24, 2.45) is 0 Å². The van der Waals surface area contributed by atoms with E-state index in [9.17, 15) is 0 Å². The molecule has 0 bridgehead atoms. The van der Waals surface area contributed by atoms with E-state index in [2.05, 4.69) is 48.0 Å². The Bertz CT molecular complexity index is 1140. The molecule has 2 aliphatic rings. The van der Waals surface area contributed by atoms with Gasteiger partial charge in [-0.2, -0.15) is 4.98 Å². The number of ether oxygens (including phenoxy) is 2. The Hall–Kier alpha value is -2.66. The van der Waals surface area contributed by atoms with Crippen LogP contribution in [0.5, 0.6) is 6.01 Å². The van der Waals surface area contributed by atoms with E-state index >= 15 is 0 Å². The minimum Gasteiger partial charge on any atom is -0.460 e. The molecule has 0 spiro atoms. The number of anilines is 2. The van der Waals surface area contributed by atoms with Crippen LogP contribution in [0, 0.1) is 6.92 Å². The molecule has 1 N–H and O–H groups in total. The van der Waals surface area contributed by atoms with Crippen LogP contribution in [0.25, 0.3) is 10.6 Å². The molecular formula is C27H37N7O2S. The van der Waals surface area contributed by atoms with Crippen LogP contribution >= 0.6 is 11.3 Å². The number of hydrogen-bond acceptors (Lipinski definition) is 10. The van der Waals surface area contributed by atoms with Gasteiger partial charge in [-0.05, 0) is 56.8 Å². The van der Waals surface area contributed by atoms with Crippen molar-refractivity contribution in [2.75, 3.05) is 45.2 Å². The van der Waals surface area contributed by atoms with Crippen LogP contribution < -0.4 is 10.1 Å². The quantitative estimate of drug-likeness (QED) is 0.435. The summed E-state index contributed by atoms with van der Waals surface area (Å²) in [5, 5.41) is 4.11. The van der Waals surface area contributed by atoms with Crippen molar-refractivity contribution in [3.63, 3.8) is 0 Å². The second-order valence-electron chi connectivity index (χ2n) is 9.85. The summed E-state index contributed by atoms with van der Waals surface area (Å²) in [6.07, 6.45) is 8.21. The molecule has 0 unspecified atom stereocenters. The van der Waals surface area contributed by atoms with Gasteiger partial charge in [0.15, 0.2) is 5.13 Å². The Morgan fingerprint density at radius 1 is 0.973 bits per heavy atom. The number of hydrogen-bond donors (Lipinski definition) is 1. The van der Waals surface area contributed by atoms with E-state index in [0.717, 1.165) is 92.2 Å². The Labute approximate surface area is 223 Å². The van der Waals surface area contributed by atoms with E-state index in [1.54, 1.807) is 18.4 Å². The van der Waals surface area contributed by atoms with Gasteiger partial charge in [-0.1, -0.05) is 24.3 Å². The lowest BCUT2D eigenvalue weighted by Crippen LogP contribution is -2.45. The van der Waals surface area contributed by atoms with Gasteiger partial charge in [0.05, 0.1) is 16.7 Å². The van der Waals surface area contributed by atoms with Crippen LogP contribution in [-0.2, 0) is 11.3 Å². The highest BCUT2D eigenvalue weighted by atomic mass is 32.1. The maximum Gasteiger partial charge on any atom is 0.317 e. The minimum absolute atomic E-state index is 0.134. The maximum atomic E-state index is 6.15. The van der Waals surface area contributed by atoms with E-state index in [1.807, 2.05) is 31.5 Å². The number of piperazine rings is 1. The van der Waals surface area contributed by atoms with Crippen molar-refractivity contribution in [1.29, 1.82) is 0 Å². The molecule has 0 aromatic carbocycles. The van der Waals surface area contributed by atoms with Gasteiger partial charge in [-0.3, -0.25) is 4.90 Å². The summed E-state index contributed by atoms with van der Waals surface area (Å²) in [7, 11) is 1.78. The minimum atomic E-state index is 0.134. The lowest BCUT2D eigenvalue weighted by molar-refractivity contribution is 0.0299. The topological polar surface area (TPSA) is 88.5 Å². The number of aryl methyl sites for hydroxylation is 1. The summed E-state index contributed by atoms with van der Waals surface area (Å²) < 4.78 is 11.6. The molecule has 0 radical (unpaired) electrons. The van der Waals surface area contributed by atoms with E-state index in [-0.39, 0.29) is 6.10 Å². The molecule has 0 amide bonds. The first-order valence-electron chi connectivity index (χ1n) is 13.3. The highest BCUT2D eigenvalue weighted by Crippen LogP contribution is 2.31. The van der Waals surface area contributed by atoms with Crippen LogP contribution in [0.1, 0.15) is 43.9 Å². The van der Waals surface area contributed by atoms with Crippen LogP contribution in [0.4, 0.5) is 10.9 Å². The van der Waals surface area contributed by atoms with Crippen molar-refractivity contribution in [2.45, 2.75) is 58.3 Å². The lowest BCUT2D eigenvalue weighted by Gasteiger charge is -2.33. The van der Waals surface area contributed by atoms with Crippen LogP contribution in [0.15, 0.2) is 30.6 Å². The van der Waals surface area contributed by atoms with Crippen molar-refractivity contribution in [1.82, 2.24) is 29.7 Å². The zero-order valence-electron chi connectivity index (χ0n) is 22.0. The second kappa shape index (κ2) is 12.3. The Morgan fingerprint density at radius 3 is 2.43 bits per heavy atom. The molecule has 4 heterocycles. The van der Waals surface area contributed by atoms with Gasteiger partial charge in [0.2, 0.25) is 0 Å². The average molecular weight is 524 g/mol. The first kappa shape index (κ1) is 26.0. The molecule has 5 rings (SSSR count). The average Bonchev–Trinajstić information content (AvgIpc) is 3.39. The first-order valence-corrected chi connectivity index (χ1v) is 14.1. The van der Waals surface area contributed by atoms with E-state index < -0.39 is 0 Å². The number of rotatable bonds is 9. The van der Waals surface area contributed by atoms with Crippen LogP contribution in [-0.4, -0.2) is 81.8 Å². The van der Waals surface area contributed by atoms with Crippen molar-refractivity contribution in [3.8, 4) is 16.6 Å². The lowest BCUT2D eigenvalue weighted by atomic mass is 9.95. The summed E-state index contributed by atoms with van der Waals surface area (Å²) in [4.78, 5) is 24.3. The fourth-order valence-electron chi connectivity index (χ4n) is 4.93. The van der Waals surface area contributed by atoms with E-state index in [0.29, 0.717) is 12.1 Å². The normalized spacial score (nSPS) is 21.2. The Morgan fingerprint density at radius 2 is 1.73 bits per heavy atom. The summed E-state index contributed by atoms with van der Waals surface area (Å²) in [6.45, 7) is 10.8. The largest absolute Gasteiger partial charge is 0.460 e. The molecular weight excluding hydrogens is 486 g/mol. The van der Waals surface area contributed by atoms with Gasteiger partial charge in [-0.25, -0.2) is 15.0 Å². The van der Waals surface area contributed by atoms with E-state index in [1.165, 1.54) is 5.56 Å². The maximum absolute atomic E-state index is 6.15. The van der Waals surface area contributed by atoms with E-state index in [4.69, 9.17) is 9.47 Å². The highest BCUT2D eigenvalue weighted by Gasteiger charge is 2.23. The highest BCUT2D eigenvalue weighted by molar-refractivity contribution is 7.18. The molecule has 2 fully saturated rings. The second-order valence-corrected chi connectivity index (χ2v) is 10.9. The number of nitrogens with one attached hydrogen (secondary N) is 1. The zero-order chi connectivity index (χ0) is 25.6. The molecule has 3 aromatic heterocycles. The summed E-state index contributed by atoms with van der Waals surface area (Å²) in [5.74, 6) is 0.787. The predicted molar refractivity (Wildman–Crippen MR) is 146 cm³/mol. The third-order valence-corrected chi connectivity index (χ3v) is 8.13. The smallest absolute Gasteiger partial charge is 0.317 e. The SMILES string of the molecule is CCN1CCN(Cc2ccc(Nc3ncc(-c4cc(C)nc(OC5CCC(OC)CC5)n4)s3)nc2)CC1. The van der Waals surface area contributed by atoms with Crippen molar-refractivity contribution in [3.05, 3.63) is 41.9 Å². The van der Waals surface area contributed by atoms with Gasteiger partial charge in [0, 0.05) is 57.9 Å². The summed E-state index contributed by atoms with van der Waals surface area (Å²) >= 11 is 1.55. The zero-order valence-corrected chi connectivity index (χ0v) is 22.8. The molecule has 3 aromatic rings. The fraction of sp³-hybridized carbons (Fsp3) is 0.556. The number of pyridine rings is 1. The monoisotopic (exact) mass is 523 g/mol. The molecule has 1 saturated carbocycles. The first-order chi connectivity index (χ1) is 18.1. The number of thiazole rings is 1. The van der Waals surface area contributed by atoms with Crippen molar-refractivity contribution < 1.29 is 9.47 Å². The summed E-state index contributed by atoms with van der Waals surface area (Å²) in [5.41, 5.74) is 2.93. The summed E-state index contributed by atoms with van der Waals surface area (Å²) in [6, 6.07) is 6.58. The molecule has 9 nitrogen and oxygen atoms in total. The molecule has 10 heteroatoms. The number of methoxy groups -OCH3 is 1. The van der Waals surface area contributed by atoms with Crippen LogP contribution in [0.3, 0.4) is 0 Å². The standard InChI is InChI=1S/C27H37N7O2S/c1-4-33-11-13-34(14-12-33)18-20-5-10-25(28-16-20)32-27-29-17-24(37-27)23-15-19(2)30-26(31-23)36-22-8-6-21(35-3)7-9-22/h5,10,15-17,21-22H,4,6-9,11-14,18H2,1-3H3,(H,28,29,32). The number of aromatic nitrogens is 4. The van der Waals surface area contributed by atoms with Crippen LogP contribution in [0.2, 0.25) is 0 Å². The van der Waals surface area contributed by atoms with Gasteiger partial charge in [0.1, 0.15) is 11.9 Å². The molecule has 1 aliphatic carbocycles. The van der Waals surface area contributed by atoms with Gasteiger partial charge in [0.25, 0.3) is 0 Å². The number of nitrogens with zero attached hydrogens (tertiary/aromatic N) is 6. The Balaban J connectivity index is 1.17. The predicted octanol–water partition coefficient (Wildman–Crippen LogP) is 4.52. The molecule has 198 valence electrons. The molecule has 37 heavy (non-hydrogen) atoms. The van der Waals surface area contributed by atoms with Gasteiger partial charge >= 0.3 is 6.01 Å². The molecule has 1 aliphatic heterocycles. The van der Waals surface area contributed by atoms with Gasteiger partial charge < -0.3 is 19.7 Å². The fourth-order valence-corrected chi connectivity index (χ4v) is 5.71. The Kier molecular flexibility index (Phi) is 8.60. The molecule has 0 atom stereocenters. The van der Waals surface area contributed by atoms with Crippen molar-refractivity contribution >= 4 is 22.3 Å². The third kappa shape index (κ3) is 7.01. The molecule has 1 saturated heterocycles.